The molecule has 0 spiro atoms. The van der Waals surface area contributed by atoms with Gasteiger partial charge in [0.25, 0.3) is 0 Å². The zero-order chi connectivity index (χ0) is 15.3. The summed E-state index contributed by atoms with van der Waals surface area (Å²) in [7, 11) is -3.51. The van der Waals surface area contributed by atoms with Crippen molar-refractivity contribution >= 4 is 10.0 Å². The summed E-state index contributed by atoms with van der Waals surface area (Å²) in [5, 5.41) is 0. The number of sulfonamides is 1. The number of nitrogens with two attached hydrogens (primary N) is 1. The quantitative estimate of drug-likeness (QED) is 0.856. The van der Waals surface area contributed by atoms with E-state index < -0.39 is 10.0 Å². The van der Waals surface area contributed by atoms with Crippen molar-refractivity contribution in [3.63, 3.8) is 0 Å². The van der Waals surface area contributed by atoms with Gasteiger partial charge in [-0.3, -0.25) is 0 Å². The highest BCUT2D eigenvalue weighted by atomic mass is 32.2. The number of nitrogens with one attached hydrogen (secondary N) is 1. The minimum absolute atomic E-state index is 0.0604. The monoisotopic (exact) mass is 308 g/mol. The van der Waals surface area contributed by atoms with Crippen molar-refractivity contribution in [2.45, 2.75) is 18.8 Å². The zero-order valence-electron chi connectivity index (χ0n) is 11.4. The van der Waals surface area contributed by atoms with Gasteiger partial charge in [0, 0.05) is 13.1 Å². The van der Waals surface area contributed by atoms with E-state index in [0.29, 0.717) is 11.1 Å². The predicted molar refractivity (Wildman–Crippen MR) is 80.2 cm³/mol. The Balaban J connectivity index is 2.05. The van der Waals surface area contributed by atoms with E-state index in [9.17, 15) is 12.8 Å². The number of hydrogen-bond donors (Lipinski definition) is 2. The molecular weight excluding hydrogens is 291 g/mol. The molecule has 2 rings (SSSR count). The molecule has 2 aromatic rings. The molecule has 0 aliphatic carbocycles. The van der Waals surface area contributed by atoms with Crippen LogP contribution in [0.5, 0.6) is 0 Å². The van der Waals surface area contributed by atoms with E-state index >= 15 is 0 Å². The van der Waals surface area contributed by atoms with Crippen LogP contribution in [-0.4, -0.2) is 8.42 Å². The van der Waals surface area contributed by atoms with Gasteiger partial charge in [-0.1, -0.05) is 36.4 Å². The lowest BCUT2D eigenvalue weighted by molar-refractivity contribution is 0.579. The van der Waals surface area contributed by atoms with Crippen molar-refractivity contribution in [1.29, 1.82) is 0 Å². The fraction of sp³-hybridized carbons (Fsp3) is 0.200. The normalized spacial score (nSPS) is 11.5. The fourth-order valence-electron chi connectivity index (χ4n) is 1.99. The van der Waals surface area contributed by atoms with E-state index in [1.54, 1.807) is 30.3 Å². The van der Waals surface area contributed by atoms with E-state index in [4.69, 9.17) is 5.73 Å². The number of halogens is 1. The highest BCUT2D eigenvalue weighted by Crippen LogP contribution is 2.12. The van der Waals surface area contributed by atoms with Crippen LogP contribution in [0.15, 0.2) is 48.5 Å². The van der Waals surface area contributed by atoms with Gasteiger partial charge in [0.1, 0.15) is 5.82 Å². The second-order valence-electron chi connectivity index (χ2n) is 4.68. The van der Waals surface area contributed by atoms with Gasteiger partial charge in [0.05, 0.1) is 5.75 Å². The third kappa shape index (κ3) is 4.63. The van der Waals surface area contributed by atoms with Gasteiger partial charge in [-0.15, -0.1) is 0 Å². The second-order valence-corrected chi connectivity index (χ2v) is 6.49. The summed E-state index contributed by atoms with van der Waals surface area (Å²) >= 11 is 0. The lowest BCUT2D eigenvalue weighted by Gasteiger charge is -2.10. The van der Waals surface area contributed by atoms with Gasteiger partial charge in [0.15, 0.2) is 0 Å². The number of rotatable bonds is 6. The van der Waals surface area contributed by atoms with Crippen molar-refractivity contribution < 1.29 is 12.8 Å². The Morgan fingerprint density at radius 2 is 1.76 bits per heavy atom. The maximum absolute atomic E-state index is 13.0. The summed E-state index contributed by atoms with van der Waals surface area (Å²) < 4.78 is 39.7. The zero-order valence-corrected chi connectivity index (χ0v) is 12.2. The summed E-state index contributed by atoms with van der Waals surface area (Å²) in [5.41, 5.74) is 7.64. The average molecular weight is 308 g/mol. The van der Waals surface area contributed by atoms with Crippen molar-refractivity contribution in [3.8, 4) is 0 Å². The first kappa shape index (κ1) is 15.6. The molecule has 0 aromatic heterocycles. The molecule has 0 radical (unpaired) electrons. The minimum Gasteiger partial charge on any atom is -0.326 e. The third-order valence-corrected chi connectivity index (χ3v) is 4.34. The first-order valence-electron chi connectivity index (χ1n) is 6.49. The van der Waals surface area contributed by atoms with Crippen LogP contribution >= 0.6 is 0 Å². The first-order valence-corrected chi connectivity index (χ1v) is 8.14. The number of hydrogen-bond acceptors (Lipinski definition) is 3. The highest BCUT2D eigenvalue weighted by Gasteiger charge is 2.13. The van der Waals surface area contributed by atoms with Gasteiger partial charge in [-0.05, 0) is 28.8 Å². The topological polar surface area (TPSA) is 72.2 Å². The van der Waals surface area contributed by atoms with E-state index in [-0.39, 0.29) is 24.7 Å². The molecule has 0 saturated carbocycles. The molecule has 0 unspecified atom stereocenters. The molecule has 0 amide bonds. The van der Waals surface area contributed by atoms with Crippen molar-refractivity contribution in [2.75, 3.05) is 0 Å². The lowest BCUT2D eigenvalue weighted by atomic mass is 10.1. The van der Waals surface area contributed by atoms with Gasteiger partial charge in [-0.2, -0.15) is 0 Å². The van der Waals surface area contributed by atoms with Crippen LogP contribution < -0.4 is 10.5 Å². The van der Waals surface area contributed by atoms with Crippen molar-refractivity contribution in [3.05, 3.63) is 71.0 Å². The molecule has 3 N–H and O–H groups in total. The maximum atomic E-state index is 13.0. The molecule has 0 saturated heterocycles. The van der Waals surface area contributed by atoms with Crippen LogP contribution in [0.3, 0.4) is 0 Å². The summed E-state index contributed by atoms with van der Waals surface area (Å²) in [5.74, 6) is -0.532. The van der Waals surface area contributed by atoms with Crippen LogP contribution in [0.25, 0.3) is 0 Å². The first-order chi connectivity index (χ1) is 10.00. The SMILES string of the molecule is NCc1ccccc1CS(=O)(=O)NCc1cccc(F)c1. The predicted octanol–water partition coefficient (Wildman–Crippen LogP) is 1.90. The molecule has 0 aliphatic heterocycles. The Hall–Kier alpha value is -1.76. The maximum Gasteiger partial charge on any atom is 0.216 e. The number of benzene rings is 2. The van der Waals surface area contributed by atoms with E-state index in [1.165, 1.54) is 12.1 Å². The van der Waals surface area contributed by atoms with Gasteiger partial charge in [-0.25, -0.2) is 17.5 Å². The molecule has 0 fully saturated rings. The molecule has 6 heteroatoms. The largest absolute Gasteiger partial charge is 0.326 e. The van der Waals surface area contributed by atoms with Crippen LogP contribution in [0, 0.1) is 5.82 Å². The van der Waals surface area contributed by atoms with Gasteiger partial charge in [0.2, 0.25) is 10.0 Å². The summed E-state index contributed by atoms with van der Waals surface area (Å²) in [6, 6.07) is 13.0. The van der Waals surface area contributed by atoms with E-state index in [1.807, 2.05) is 6.07 Å². The van der Waals surface area contributed by atoms with Crippen LogP contribution in [0.4, 0.5) is 4.39 Å². The third-order valence-electron chi connectivity index (χ3n) is 3.07. The Labute approximate surface area is 123 Å². The molecule has 0 heterocycles. The van der Waals surface area contributed by atoms with E-state index in [2.05, 4.69) is 4.72 Å². The van der Waals surface area contributed by atoms with Crippen LogP contribution in [0.1, 0.15) is 16.7 Å². The molecule has 21 heavy (non-hydrogen) atoms. The van der Waals surface area contributed by atoms with E-state index in [0.717, 1.165) is 5.56 Å². The smallest absolute Gasteiger partial charge is 0.216 e. The van der Waals surface area contributed by atoms with Gasteiger partial charge >= 0.3 is 0 Å². The van der Waals surface area contributed by atoms with Crippen LogP contribution in [0.2, 0.25) is 0 Å². The molecule has 0 aliphatic rings. The molecule has 2 aromatic carbocycles. The summed E-state index contributed by atoms with van der Waals surface area (Å²) in [6.45, 7) is 0.348. The summed E-state index contributed by atoms with van der Waals surface area (Å²) in [4.78, 5) is 0. The van der Waals surface area contributed by atoms with Crippen molar-refractivity contribution in [1.82, 2.24) is 4.72 Å². The Morgan fingerprint density at radius 1 is 1.05 bits per heavy atom. The molecular formula is C15H17FN2O2S. The summed E-state index contributed by atoms with van der Waals surface area (Å²) in [6.07, 6.45) is 0. The Bertz CT molecular complexity index is 717. The average Bonchev–Trinajstić information content (AvgIpc) is 2.46. The van der Waals surface area contributed by atoms with Crippen LogP contribution in [-0.2, 0) is 28.9 Å². The highest BCUT2D eigenvalue weighted by molar-refractivity contribution is 7.88. The molecule has 0 bridgehead atoms. The Kier molecular flexibility index (Phi) is 5.06. The second kappa shape index (κ2) is 6.80. The Morgan fingerprint density at radius 3 is 2.43 bits per heavy atom. The molecule has 4 nitrogen and oxygen atoms in total. The van der Waals surface area contributed by atoms with Gasteiger partial charge < -0.3 is 5.73 Å². The standard InChI is InChI=1S/C15H17FN2O2S/c16-15-7-3-4-12(8-15)10-18-21(19,20)11-14-6-2-1-5-13(14)9-17/h1-8,18H,9-11,17H2. The fourth-order valence-corrected chi connectivity index (χ4v) is 3.17. The van der Waals surface area contributed by atoms with Crippen molar-refractivity contribution in [2.24, 2.45) is 5.73 Å². The molecule has 0 atom stereocenters. The lowest BCUT2D eigenvalue weighted by Crippen LogP contribution is -2.25. The minimum atomic E-state index is -3.51. The molecule has 112 valence electrons.